The molecule has 2 aliphatic rings. The number of carbonyl (C=O) groups is 1. The van der Waals surface area contributed by atoms with E-state index < -0.39 is 0 Å². The minimum Gasteiger partial charge on any atom is -0.490 e. The Morgan fingerprint density at radius 2 is 1.88 bits per heavy atom. The molecule has 172 valence electrons. The van der Waals surface area contributed by atoms with Gasteiger partial charge in [-0.25, -0.2) is 9.97 Å². The summed E-state index contributed by atoms with van der Waals surface area (Å²) in [7, 11) is 3.97. The van der Waals surface area contributed by atoms with Crippen LogP contribution in [-0.2, 0) is 17.9 Å². The van der Waals surface area contributed by atoms with Crippen molar-refractivity contribution in [3.63, 3.8) is 0 Å². The molecule has 1 aliphatic carbocycles. The van der Waals surface area contributed by atoms with E-state index in [0.717, 1.165) is 49.0 Å². The van der Waals surface area contributed by atoms with Crippen molar-refractivity contribution in [2.75, 3.05) is 26.0 Å². The maximum absolute atomic E-state index is 12.0. The van der Waals surface area contributed by atoms with Crippen LogP contribution in [0.1, 0.15) is 68.6 Å². The fourth-order valence-electron chi connectivity index (χ4n) is 4.80. The number of nitrogens with zero attached hydrogens (tertiary/aromatic N) is 4. The van der Waals surface area contributed by atoms with Crippen molar-refractivity contribution in [1.29, 1.82) is 0 Å². The van der Waals surface area contributed by atoms with Gasteiger partial charge in [0.25, 0.3) is 0 Å². The van der Waals surface area contributed by atoms with Crippen molar-refractivity contribution in [1.82, 2.24) is 19.8 Å². The zero-order valence-corrected chi connectivity index (χ0v) is 19.5. The van der Waals surface area contributed by atoms with Crippen LogP contribution < -0.4 is 10.1 Å². The third-order valence-electron chi connectivity index (χ3n) is 6.42. The van der Waals surface area contributed by atoms with Gasteiger partial charge in [-0.2, -0.15) is 0 Å². The second-order valence-electron chi connectivity index (χ2n) is 9.06. The molecule has 2 fully saturated rings. The van der Waals surface area contributed by atoms with Gasteiger partial charge in [-0.15, -0.1) is 0 Å². The molecule has 0 bridgehead atoms. The Kier molecular flexibility index (Phi) is 7.25. The van der Waals surface area contributed by atoms with Gasteiger partial charge < -0.3 is 15.0 Å². The number of amides is 1. The van der Waals surface area contributed by atoms with E-state index in [9.17, 15) is 4.79 Å². The van der Waals surface area contributed by atoms with Crippen LogP contribution in [0.3, 0.4) is 0 Å². The van der Waals surface area contributed by atoms with Crippen molar-refractivity contribution in [3.05, 3.63) is 47.4 Å². The summed E-state index contributed by atoms with van der Waals surface area (Å²) in [5.41, 5.74) is 2.20. The van der Waals surface area contributed by atoms with Gasteiger partial charge in [-0.3, -0.25) is 9.69 Å². The molecular weight excluding hydrogens is 402 g/mol. The van der Waals surface area contributed by atoms with Gasteiger partial charge in [0.05, 0.1) is 17.8 Å². The Morgan fingerprint density at radius 3 is 2.56 bits per heavy atom. The molecule has 4 rings (SSSR count). The number of nitrogens with one attached hydrogen (secondary N) is 1. The van der Waals surface area contributed by atoms with Crippen LogP contribution in [0.15, 0.2) is 30.3 Å². The van der Waals surface area contributed by atoms with Gasteiger partial charge in [0.15, 0.2) is 5.82 Å². The molecular formula is C25H35N5O2. The van der Waals surface area contributed by atoms with Crippen LogP contribution in [0, 0.1) is 0 Å². The summed E-state index contributed by atoms with van der Waals surface area (Å²) in [5, 5.41) is 3.15. The highest BCUT2D eigenvalue weighted by Gasteiger charge is 2.30. The molecule has 1 aromatic carbocycles. The van der Waals surface area contributed by atoms with Crippen molar-refractivity contribution >= 4 is 11.7 Å². The zero-order chi connectivity index (χ0) is 22.5. The van der Waals surface area contributed by atoms with E-state index in [4.69, 9.17) is 9.72 Å². The van der Waals surface area contributed by atoms with Crippen LogP contribution in [-0.4, -0.2) is 52.4 Å². The van der Waals surface area contributed by atoms with E-state index in [0.29, 0.717) is 12.6 Å². The predicted molar refractivity (Wildman–Crippen MR) is 125 cm³/mol. The first-order chi connectivity index (χ1) is 15.5. The molecule has 2 aromatic rings. The molecule has 7 nitrogen and oxygen atoms in total. The minimum absolute atomic E-state index is 0.0303. The van der Waals surface area contributed by atoms with E-state index in [-0.39, 0.29) is 11.9 Å². The highest BCUT2D eigenvalue weighted by molar-refractivity contribution is 5.74. The number of likely N-dealkylation sites (tertiary alicyclic amines) is 1. The summed E-state index contributed by atoms with van der Waals surface area (Å²) >= 11 is 0. The summed E-state index contributed by atoms with van der Waals surface area (Å²) in [6.07, 6.45) is 7.19. The lowest BCUT2D eigenvalue weighted by Gasteiger charge is -2.23. The average molecular weight is 438 g/mol. The molecule has 1 unspecified atom stereocenters. The fourth-order valence-corrected chi connectivity index (χ4v) is 4.80. The number of hydrogen-bond donors (Lipinski definition) is 1. The van der Waals surface area contributed by atoms with Crippen molar-refractivity contribution in [2.24, 2.45) is 0 Å². The van der Waals surface area contributed by atoms with E-state index in [1.807, 2.05) is 18.0 Å². The van der Waals surface area contributed by atoms with E-state index >= 15 is 0 Å². The quantitative estimate of drug-likeness (QED) is 0.669. The Hall–Kier alpha value is -2.67. The number of rotatable bonds is 8. The first-order valence-corrected chi connectivity index (χ1v) is 11.8. The van der Waals surface area contributed by atoms with Gasteiger partial charge in [0, 0.05) is 39.7 Å². The van der Waals surface area contributed by atoms with Gasteiger partial charge in [-0.05, 0) is 63.3 Å². The second-order valence-corrected chi connectivity index (χ2v) is 9.06. The molecule has 32 heavy (non-hydrogen) atoms. The lowest BCUT2D eigenvalue weighted by atomic mass is 10.2. The maximum Gasteiger partial charge on any atom is 0.220 e. The molecule has 0 radical (unpaired) electrons. The van der Waals surface area contributed by atoms with E-state index in [2.05, 4.69) is 46.5 Å². The first kappa shape index (κ1) is 22.5. The molecule has 0 spiro atoms. The second kappa shape index (κ2) is 10.3. The smallest absolute Gasteiger partial charge is 0.220 e. The maximum atomic E-state index is 12.0. The molecule has 1 aromatic heterocycles. The number of benzene rings is 1. The normalized spacial score (nSPS) is 19.0. The number of ether oxygens (including phenoxy) is 1. The van der Waals surface area contributed by atoms with E-state index in [1.165, 1.54) is 31.2 Å². The average Bonchev–Trinajstić information content (AvgIpc) is 3.47. The summed E-state index contributed by atoms with van der Waals surface area (Å²) in [6.45, 7) is 3.93. The van der Waals surface area contributed by atoms with Crippen LogP contribution in [0.25, 0.3) is 0 Å². The summed E-state index contributed by atoms with van der Waals surface area (Å²) in [6, 6.07) is 10.4. The number of hydrogen-bond acceptors (Lipinski definition) is 6. The van der Waals surface area contributed by atoms with Gasteiger partial charge in [-0.1, -0.05) is 12.1 Å². The van der Waals surface area contributed by atoms with Crippen molar-refractivity contribution < 1.29 is 9.53 Å². The van der Waals surface area contributed by atoms with Gasteiger partial charge in [0.1, 0.15) is 11.6 Å². The predicted octanol–water partition coefficient (Wildman–Crippen LogP) is 4.16. The fraction of sp³-hybridized carbons (Fsp3) is 0.560. The van der Waals surface area contributed by atoms with E-state index in [1.54, 1.807) is 6.92 Å². The molecule has 7 heteroatoms. The molecule has 1 saturated carbocycles. The summed E-state index contributed by atoms with van der Waals surface area (Å²) in [4.78, 5) is 25.6. The molecule has 1 amide bonds. The minimum atomic E-state index is -0.0303. The van der Waals surface area contributed by atoms with Crippen LogP contribution in [0.2, 0.25) is 0 Å². The molecule has 1 saturated heterocycles. The summed E-state index contributed by atoms with van der Waals surface area (Å²) < 4.78 is 6.08. The van der Waals surface area contributed by atoms with Crippen LogP contribution >= 0.6 is 0 Å². The number of carbonyl (C=O) groups excluding carboxylic acids is 1. The standard InChI is InChI=1S/C25H35N5O2/c1-18(31)30-14-6-9-23(30)25-27-20(15-24(26-2)28-25)17-29(3)16-19-10-12-22(13-11-19)32-21-7-4-5-8-21/h10-13,15,21,23H,4-9,14,16-17H2,1-3H3,(H,26,27,28). The zero-order valence-electron chi connectivity index (χ0n) is 19.5. The van der Waals surface area contributed by atoms with Crippen LogP contribution in [0.4, 0.5) is 5.82 Å². The largest absolute Gasteiger partial charge is 0.490 e. The summed E-state index contributed by atoms with van der Waals surface area (Å²) in [5.74, 6) is 2.59. The number of anilines is 1. The third-order valence-corrected chi connectivity index (χ3v) is 6.42. The first-order valence-electron chi connectivity index (χ1n) is 11.8. The lowest BCUT2D eigenvalue weighted by Crippen LogP contribution is -2.29. The van der Waals surface area contributed by atoms with Gasteiger partial charge >= 0.3 is 0 Å². The highest BCUT2D eigenvalue weighted by Crippen LogP contribution is 2.31. The highest BCUT2D eigenvalue weighted by atomic mass is 16.5. The van der Waals surface area contributed by atoms with Gasteiger partial charge in [0.2, 0.25) is 5.91 Å². The van der Waals surface area contributed by atoms with Crippen molar-refractivity contribution in [3.8, 4) is 5.75 Å². The topological polar surface area (TPSA) is 70.6 Å². The molecule has 1 N–H and O–H groups in total. The third kappa shape index (κ3) is 5.57. The number of aromatic nitrogens is 2. The van der Waals surface area contributed by atoms with Crippen LogP contribution in [0.5, 0.6) is 5.75 Å². The Morgan fingerprint density at radius 1 is 1.12 bits per heavy atom. The monoisotopic (exact) mass is 437 g/mol. The molecule has 1 atom stereocenters. The Bertz CT molecular complexity index is 911. The lowest BCUT2D eigenvalue weighted by molar-refractivity contribution is -0.129. The van der Waals surface area contributed by atoms with Crippen molar-refractivity contribution in [2.45, 2.75) is 70.7 Å². The Balaban J connectivity index is 1.40. The SMILES string of the molecule is CNc1cc(CN(C)Cc2ccc(OC3CCCC3)cc2)nc(C2CCCN2C(C)=O)n1. The molecule has 1 aliphatic heterocycles. The molecule has 2 heterocycles. The Labute approximate surface area is 191 Å².